The molecule has 3 N–H and O–H groups in total. The predicted octanol–water partition coefficient (Wildman–Crippen LogP) is -0.187. The number of carbonyl (C=O) groups is 2. The summed E-state index contributed by atoms with van der Waals surface area (Å²) in [7, 11) is 1.77. The van der Waals surface area contributed by atoms with E-state index in [9.17, 15) is 14.7 Å². The fourth-order valence-electron chi connectivity index (χ4n) is 2.90. The highest BCUT2D eigenvalue weighted by molar-refractivity contribution is 5.83. The van der Waals surface area contributed by atoms with Crippen molar-refractivity contribution in [1.29, 1.82) is 0 Å². The van der Waals surface area contributed by atoms with E-state index in [1.165, 1.54) is 0 Å². The van der Waals surface area contributed by atoms with Crippen LogP contribution in [0.4, 0.5) is 0 Å². The minimum absolute atomic E-state index is 0.0721. The van der Waals surface area contributed by atoms with Gasteiger partial charge in [-0.05, 0) is 32.1 Å². The maximum Gasteiger partial charge on any atom is 0.306 e. The molecule has 1 heterocycles. The lowest BCUT2D eigenvalue weighted by molar-refractivity contribution is -0.144. The second-order valence-electron chi connectivity index (χ2n) is 5.82. The van der Waals surface area contributed by atoms with Crippen molar-refractivity contribution in [1.82, 2.24) is 10.2 Å². The zero-order valence-electron chi connectivity index (χ0n) is 11.3. The molecule has 108 valence electrons. The first-order valence-corrected chi connectivity index (χ1v) is 6.85. The molecule has 1 aliphatic heterocycles. The van der Waals surface area contributed by atoms with E-state index in [1.54, 1.807) is 11.9 Å². The third kappa shape index (κ3) is 3.25. The summed E-state index contributed by atoms with van der Waals surface area (Å²) in [6.07, 6.45) is 2.74. The topological polar surface area (TPSA) is 89.9 Å². The van der Waals surface area contributed by atoms with E-state index in [2.05, 4.69) is 5.32 Å². The first-order valence-electron chi connectivity index (χ1n) is 6.85. The summed E-state index contributed by atoms with van der Waals surface area (Å²) in [5.41, 5.74) is -0.868. The normalized spacial score (nSPS) is 35.7. The number of rotatable bonds is 4. The fraction of sp³-hybridized carbons (Fsp3) is 0.846. The quantitative estimate of drug-likeness (QED) is 0.659. The van der Waals surface area contributed by atoms with Crippen molar-refractivity contribution in [2.45, 2.75) is 43.7 Å². The summed E-state index contributed by atoms with van der Waals surface area (Å²) < 4.78 is 0. The molecule has 0 radical (unpaired) electrons. The molecular formula is C13H22N2O4. The summed E-state index contributed by atoms with van der Waals surface area (Å²) in [4.78, 5) is 24.3. The molecule has 1 saturated carbocycles. The van der Waals surface area contributed by atoms with E-state index < -0.39 is 11.6 Å². The van der Waals surface area contributed by atoms with Crippen LogP contribution in [0.2, 0.25) is 0 Å². The van der Waals surface area contributed by atoms with Crippen LogP contribution in [0.15, 0.2) is 0 Å². The van der Waals surface area contributed by atoms with E-state index in [4.69, 9.17) is 5.11 Å². The Morgan fingerprint density at radius 2 is 2.05 bits per heavy atom. The van der Waals surface area contributed by atoms with E-state index in [1.807, 2.05) is 0 Å². The minimum Gasteiger partial charge on any atom is -0.481 e. The number of amides is 1. The minimum atomic E-state index is -0.868. The number of aliphatic hydroxyl groups is 1. The van der Waals surface area contributed by atoms with Crippen molar-refractivity contribution in [2.75, 3.05) is 20.1 Å². The molecule has 2 aliphatic rings. The van der Waals surface area contributed by atoms with Gasteiger partial charge in [-0.2, -0.15) is 0 Å². The predicted molar refractivity (Wildman–Crippen MR) is 68.6 cm³/mol. The summed E-state index contributed by atoms with van der Waals surface area (Å²) >= 11 is 0. The number of nitrogens with zero attached hydrogens (tertiary/aromatic N) is 1. The Balaban J connectivity index is 1.80. The number of likely N-dealkylation sites (N-methyl/N-ethyl adjacent to an activating group) is 1. The SMILES string of the molecule is CN1CCC(NCC2(O)CCC(C(=O)O)CC2)C1=O. The summed E-state index contributed by atoms with van der Waals surface area (Å²) in [5.74, 6) is -1.04. The highest BCUT2D eigenvalue weighted by Gasteiger charge is 2.37. The van der Waals surface area contributed by atoms with Gasteiger partial charge >= 0.3 is 5.97 Å². The zero-order chi connectivity index (χ0) is 14.0. The lowest BCUT2D eigenvalue weighted by Gasteiger charge is -2.35. The van der Waals surface area contributed by atoms with Crippen LogP contribution in [0, 0.1) is 5.92 Å². The standard InChI is InChI=1S/C13H22N2O4/c1-15-7-4-10(11(15)16)14-8-13(19)5-2-9(3-6-13)12(17)18/h9-10,14,19H,2-8H2,1H3,(H,17,18). The highest BCUT2D eigenvalue weighted by atomic mass is 16.4. The number of carboxylic acid groups (broad SMARTS) is 1. The summed E-state index contributed by atoms with van der Waals surface area (Å²) in [6.45, 7) is 1.11. The van der Waals surface area contributed by atoms with Gasteiger partial charge in [0.25, 0.3) is 0 Å². The van der Waals surface area contributed by atoms with Crippen LogP contribution in [-0.2, 0) is 9.59 Å². The van der Waals surface area contributed by atoms with Gasteiger partial charge < -0.3 is 20.4 Å². The third-order valence-corrected chi connectivity index (χ3v) is 4.37. The Morgan fingerprint density at radius 1 is 1.42 bits per heavy atom. The van der Waals surface area contributed by atoms with Crippen LogP contribution >= 0.6 is 0 Å². The molecule has 1 saturated heterocycles. The molecule has 1 aliphatic carbocycles. The second kappa shape index (κ2) is 5.46. The van der Waals surface area contributed by atoms with E-state index >= 15 is 0 Å². The molecule has 0 aromatic carbocycles. The van der Waals surface area contributed by atoms with Gasteiger partial charge in [-0.1, -0.05) is 0 Å². The number of aliphatic carboxylic acids is 1. The average Bonchev–Trinajstić information content (AvgIpc) is 2.68. The average molecular weight is 270 g/mol. The molecule has 2 fully saturated rings. The number of carbonyl (C=O) groups excluding carboxylic acids is 1. The van der Waals surface area contributed by atoms with Crippen LogP contribution in [0.1, 0.15) is 32.1 Å². The fourth-order valence-corrected chi connectivity index (χ4v) is 2.90. The number of carboxylic acids is 1. The molecule has 1 unspecified atom stereocenters. The van der Waals surface area contributed by atoms with E-state index in [0.29, 0.717) is 32.2 Å². The number of nitrogens with one attached hydrogen (secondary N) is 1. The van der Waals surface area contributed by atoms with Gasteiger partial charge in [0.05, 0.1) is 17.6 Å². The Morgan fingerprint density at radius 3 is 2.53 bits per heavy atom. The van der Waals surface area contributed by atoms with Crippen molar-refractivity contribution in [2.24, 2.45) is 5.92 Å². The number of hydrogen-bond donors (Lipinski definition) is 3. The lowest BCUT2D eigenvalue weighted by atomic mass is 9.78. The molecule has 1 atom stereocenters. The monoisotopic (exact) mass is 270 g/mol. The molecule has 0 aromatic heterocycles. The number of likely N-dealkylation sites (tertiary alicyclic amines) is 1. The molecule has 1 amide bonds. The van der Waals surface area contributed by atoms with E-state index in [-0.39, 0.29) is 17.9 Å². The largest absolute Gasteiger partial charge is 0.481 e. The molecule has 2 rings (SSSR count). The zero-order valence-corrected chi connectivity index (χ0v) is 11.3. The van der Waals surface area contributed by atoms with Crippen molar-refractivity contribution >= 4 is 11.9 Å². The Bertz CT molecular complexity index is 364. The first kappa shape index (κ1) is 14.3. The second-order valence-corrected chi connectivity index (χ2v) is 5.82. The van der Waals surface area contributed by atoms with Crippen LogP contribution < -0.4 is 5.32 Å². The molecular weight excluding hydrogens is 248 g/mol. The van der Waals surface area contributed by atoms with Crippen molar-refractivity contribution < 1.29 is 19.8 Å². The van der Waals surface area contributed by atoms with E-state index in [0.717, 1.165) is 13.0 Å². The molecule has 19 heavy (non-hydrogen) atoms. The van der Waals surface area contributed by atoms with Gasteiger partial charge in [0.2, 0.25) is 5.91 Å². The van der Waals surface area contributed by atoms with Gasteiger partial charge in [-0.3, -0.25) is 9.59 Å². The van der Waals surface area contributed by atoms with Gasteiger partial charge in [-0.25, -0.2) is 0 Å². The number of hydrogen-bond acceptors (Lipinski definition) is 4. The molecule has 6 heteroatoms. The molecule has 0 bridgehead atoms. The Labute approximate surface area is 112 Å². The van der Waals surface area contributed by atoms with Gasteiger partial charge in [0, 0.05) is 20.1 Å². The molecule has 0 spiro atoms. The summed E-state index contributed by atoms with van der Waals surface area (Å²) in [5, 5.41) is 22.5. The van der Waals surface area contributed by atoms with Crippen LogP contribution in [0.3, 0.4) is 0 Å². The van der Waals surface area contributed by atoms with Gasteiger partial charge in [-0.15, -0.1) is 0 Å². The third-order valence-electron chi connectivity index (χ3n) is 4.37. The Hall–Kier alpha value is -1.14. The summed E-state index contributed by atoms with van der Waals surface area (Å²) in [6, 6.07) is -0.203. The maximum atomic E-state index is 11.7. The van der Waals surface area contributed by atoms with Crippen LogP contribution in [0.5, 0.6) is 0 Å². The van der Waals surface area contributed by atoms with Gasteiger partial charge in [0.15, 0.2) is 0 Å². The van der Waals surface area contributed by atoms with Crippen molar-refractivity contribution in [3.8, 4) is 0 Å². The van der Waals surface area contributed by atoms with Crippen molar-refractivity contribution in [3.05, 3.63) is 0 Å². The van der Waals surface area contributed by atoms with Crippen LogP contribution in [0.25, 0.3) is 0 Å². The Kier molecular flexibility index (Phi) is 4.10. The highest BCUT2D eigenvalue weighted by Crippen LogP contribution is 2.32. The molecule has 0 aromatic rings. The molecule has 6 nitrogen and oxygen atoms in total. The lowest BCUT2D eigenvalue weighted by Crippen LogP contribution is -2.49. The van der Waals surface area contributed by atoms with Crippen molar-refractivity contribution in [3.63, 3.8) is 0 Å². The smallest absolute Gasteiger partial charge is 0.306 e. The van der Waals surface area contributed by atoms with Crippen LogP contribution in [-0.4, -0.2) is 58.8 Å². The van der Waals surface area contributed by atoms with Gasteiger partial charge in [0.1, 0.15) is 0 Å². The first-order chi connectivity index (χ1) is 8.91. The maximum absolute atomic E-state index is 11.7.